The van der Waals surface area contributed by atoms with Crippen LogP contribution in [0.15, 0.2) is 59.5 Å². The summed E-state index contributed by atoms with van der Waals surface area (Å²) in [5, 5.41) is 0. The lowest BCUT2D eigenvalue weighted by Crippen LogP contribution is -2.32. The highest BCUT2D eigenvalue weighted by atomic mass is 32.2. The van der Waals surface area contributed by atoms with Crippen LogP contribution in [0, 0.1) is 5.41 Å². The summed E-state index contributed by atoms with van der Waals surface area (Å²) in [6, 6.07) is 17.0. The van der Waals surface area contributed by atoms with Gasteiger partial charge in [-0.1, -0.05) is 75.2 Å². The topological polar surface area (TPSA) is 51.2 Å². The molecule has 0 fully saturated rings. The molecule has 0 spiro atoms. The van der Waals surface area contributed by atoms with Crippen LogP contribution >= 0.6 is 0 Å². The summed E-state index contributed by atoms with van der Waals surface area (Å²) in [5.74, 6) is -0.119. The van der Waals surface area contributed by atoms with E-state index in [-0.39, 0.29) is 5.75 Å². The smallest absolute Gasteiger partial charge is 0.179 e. The average molecular weight is 373 g/mol. The molecule has 2 aromatic rings. The predicted molar refractivity (Wildman–Crippen MR) is 106 cm³/mol. The molecule has 1 unspecified atom stereocenters. The van der Waals surface area contributed by atoms with Crippen LogP contribution in [-0.4, -0.2) is 20.5 Å². The number of sulfone groups is 1. The van der Waals surface area contributed by atoms with E-state index < -0.39 is 15.3 Å². The lowest BCUT2D eigenvalue weighted by atomic mass is 9.84. The summed E-state index contributed by atoms with van der Waals surface area (Å²) in [6.07, 6.45) is 4.37. The van der Waals surface area contributed by atoms with Crippen molar-refractivity contribution in [1.82, 2.24) is 0 Å². The zero-order valence-corrected chi connectivity index (χ0v) is 16.5. The second-order valence-electron chi connectivity index (χ2n) is 6.97. The fraction of sp³-hybridized carbons (Fsp3) is 0.409. The van der Waals surface area contributed by atoms with E-state index in [2.05, 4.69) is 6.92 Å². The minimum atomic E-state index is -3.55. The Morgan fingerprint density at radius 2 is 1.62 bits per heavy atom. The number of hydrogen-bond donors (Lipinski definition) is 0. The van der Waals surface area contributed by atoms with Crippen LogP contribution in [0.2, 0.25) is 0 Å². The lowest BCUT2D eigenvalue weighted by Gasteiger charge is -2.26. The molecule has 0 aliphatic carbocycles. The van der Waals surface area contributed by atoms with Crippen LogP contribution in [-0.2, 0) is 21.1 Å². The summed E-state index contributed by atoms with van der Waals surface area (Å²) in [7, 11) is -3.55. The molecule has 0 aromatic heterocycles. The highest BCUT2D eigenvalue weighted by Gasteiger charge is 2.34. The van der Waals surface area contributed by atoms with Gasteiger partial charge in [0, 0.05) is 5.41 Å². The van der Waals surface area contributed by atoms with Crippen LogP contribution in [0.3, 0.4) is 0 Å². The second-order valence-corrected chi connectivity index (χ2v) is 8.92. The Labute approximate surface area is 157 Å². The third-order valence-corrected chi connectivity index (χ3v) is 7.03. The summed E-state index contributed by atoms with van der Waals surface area (Å²) < 4.78 is 26.4. The summed E-state index contributed by atoms with van der Waals surface area (Å²) in [6.45, 7) is 3.95. The molecule has 1 atom stereocenters. The maximum Gasteiger partial charge on any atom is 0.179 e. The van der Waals surface area contributed by atoms with Gasteiger partial charge in [-0.2, -0.15) is 0 Å². The Hall–Kier alpha value is -1.94. The molecule has 0 bridgehead atoms. The number of benzene rings is 2. The summed E-state index contributed by atoms with van der Waals surface area (Å²) >= 11 is 0. The monoisotopic (exact) mass is 372 g/mol. The molecule has 0 N–H and O–H groups in total. The van der Waals surface area contributed by atoms with Gasteiger partial charge in [-0.25, -0.2) is 8.42 Å². The molecule has 140 valence electrons. The molecule has 2 aromatic carbocycles. The van der Waals surface area contributed by atoms with Gasteiger partial charge in [0.25, 0.3) is 0 Å². The zero-order chi connectivity index (χ0) is 19.0. The van der Waals surface area contributed by atoms with Crippen molar-refractivity contribution in [3.05, 3.63) is 65.7 Å². The Kier molecular flexibility index (Phi) is 7.15. The molecule has 0 saturated heterocycles. The van der Waals surface area contributed by atoms with Crippen molar-refractivity contribution in [3.63, 3.8) is 0 Å². The van der Waals surface area contributed by atoms with Gasteiger partial charge in [-0.05, 0) is 36.5 Å². The number of carbonyl (C=O) groups is 1. The minimum absolute atomic E-state index is 0.119. The molecule has 4 heteroatoms. The molecule has 0 aliphatic heterocycles. The van der Waals surface area contributed by atoms with Gasteiger partial charge in [0.1, 0.15) is 6.29 Å². The van der Waals surface area contributed by atoms with Crippen molar-refractivity contribution in [2.45, 2.75) is 50.8 Å². The normalized spacial score (nSPS) is 13.9. The number of unbranched alkanes of at least 4 members (excludes halogenated alkanes) is 1. The van der Waals surface area contributed by atoms with Crippen molar-refractivity contribution in [3.8, 4) is 0 Å². The average Bonchev–Trinajstić information content (AvgIpc) is 2.66. The Bertz CT molecular complexity index is 812. The summed E-state index contributed by atoms with van der Waals surface area (Å²) in [4.78, 5) is 12.1. The maximum absolute atomic E-state index is 13.2. The maximum atomic E-state index is 13.2. The molecule has 3 nitrogen and oxygen atoms in total. The van der Waals surface area contributed by atoms with Gasteiger partial charge >= 0.3 is 0 Å². The van der Waals surface area contributed by atoms with Gasteiger partial charge in [0.05, 0.1) is 10.6 Å². The molecule has 0 aliphatic rings. The number of carbonyl (C=O) groups excluding carboxylic acids is 1. The van der Waals surface area contributed by atoms with Crippen LogP contribution in [0.5, 0.6) is 0 Å². The van der Waals surface area contributed by atoms with Gasteiger partial charge < -0.3 is 4.79 Å². The third kappa shape index (κ3) is 5.04. The predicted octanol–water partition coefficient (Wildman–Crippen LogP) is 4.84. The molecule has 0 saturated carbocycles. The number of aldehydes is 1. The van der Waals surface area contributed by atoms with Crippen molar-refractivity contribution in [2.24, 2.45) is 5.41 Å². The quantitative estimate of drug-likeness (QED) is 0.561. The van der Waals surface area contributed by atoms with Crippen LogP contribution in [0.25, 0.3) is 0 Å². The van der Waals surface area contributed by atoms with Crippen LogP contribution in [0.1, 0.15) is 50.7 Å². The molecule has 0 amide bonds. The SMILES string of the molecule is CCCCC(C=O)(CC)CS(=O)(=O)c1ccccc1Cc1ccccc1. The number of rotatable bonds is 10. The molecular formula is C22H28O3S. The van der Waals surface area contributed by atoms with Crippen molar-refractivity contribution < 1.29 is 13.2 Å². The largest absolute Gasteiger partial charge is 0.303 e. The standard InChI is InChI=1S/C22H28O3S/c1-3-5-15-22(4-2,17-23)18-26(24,25)21-14-10-9-13-20(21)16-19-11-7-6-8-12-19/h6-14,17H,3-5,15-16,18H2,1-2H3. The van der Waals surface area contributed by atoms with E-state index >= 15 is 0 Å². The van der Waals surface area contributed by atoms with E-state index in [9.17, 15) is 13.2 Å². The minimum Gasteiger partial charge on any atom is -0.303 e. The van der Waals surface area contributed by atoms with Crippen molar-refractivity contribution in [1.29, 1.82) is 0 Å². The first-order valence-corrected chi connectivity index (χ1v) is 10.9. The van der Waals surface area contributed by atoms with Gasteiger partial charge in [0.2, 0.25) is 0 Å². The molecule has 26 heavy (non-hydrogen) atoms. The van der Waals surface area contributed by atoms with E-state index in [1.807, 2.05) is 49.4 Å². The first-order valence-electron chi connectivity index (χ1n) is 9.27. The number of hydrogen-bond acceptors (Lipinski definition) is 3. The van der Waals surface area contributed by atoms with Gasteiger partial charge in [0.15, 0.2) is 9.84 Å². The Morgan fingerprint density at radius 3 is 2.23 bits per heavy atom. The van der Waals surface area contributed by atoms with Gasteiger partial charge in [-0.15, -0.1) is 0 Å². The molecule has 0 radical (unpaired) electrons. The van der Waals surface area contributed by atoms with Gasteiger partial charge in [-0.3, -0.25) is 0 Å². The fourth-order valence-corrected chi connectivity index (χ4v) is 5.44. The Balaban J connectivity index is 2.35. The first-order chi connectivity index (χ1) is 12.5. The molecule has 0 heterocycles. The lowest BCUT2D eigenvalue weighted by molar-refractivity contribution is -0.115. The van der Waals surface area contributed by atoms with E-state index in [4.69, 9.17) is 0 Å². The first kappa shape index (κ1) is 20.4. The van der Waals surface area contributed by atoms with E-state index in [1.54, 1.807) is 12.1 Å². The van der Waals surface area contributed by atoms with E-state index in [0.29, 0.717) is 24.2 Å². The summed E-state index contributed by atoms with van der Waals surface area (Å²) in [5.41, 5.74) is 1.05. The van der Waals surface area contributed by atoms with E-state index in [0.717, 1.165) is 30.3 Å². The van der Waals surface area contributed by atoms with Crippen molar-refractivity contribution in [2.75, 3.05) is 5.75 Å². The zero-order valence-electron chi connectivity index (χ0n) is 15.6. The second kappa shape index (κ2) is 9.13. The van der Waals surface area contributed by atoms with Crippen LogP contribution in [0.4, 0.5) is 0 Å². The molecule has 2 rings (SSSR count). The van der Waals surface area contributed by atoms with Crippen LogP contribution < -0.4 is 0 Å². The fourth-order valence-electron chi connectivity index (χ4n) is 3.28. The molecular weight excluding hydrogens is 344 g/mol. The highest BCUT2D eigenvalue weighted by Crippen LogP contribution is 2.32. The van der Waals surface area contributed by atoms with Crippen molar-refractivity contribution >= 4 is 16.1 Å². The third-order valence-electron chi connectivity index (χ3n) is 5.00. The Morgan fingerprint density at radius 1 is 0.962 bits per heavy atom. The highest BCUT2D eigenvalue weighted by molar-refractivity contribution is 7.91. The van der Waals surface area contributed by atoms with E-state index in [1.165, 1.54) is 0 Å².